The molecule has 0 spiro atoms. The summed E-state index contributed by atoms with van der Waals surface area (Å²) in [5, 5.41) is 18.0. The van der Waals surface area contributed by atoms with E-state index in [9.17, 15) is 19.2 Å². The molecule has 0 aromatic carbocycles. The van der Waals surface area contributed by atoms with Crippen LogP contribution in [0, 0.1) is 0 Å². The fourth-order valence-corrected chi connectivity index (χ4v) is 4.04. The van der Waals surface area contributed by atoms with E-state index in [4.69, 9.17) is 0 Å². The summed E-state index contributed by atoms with van der Waals surface area (Å²) in [6.45, 7) is 12.0. The maximum absolute atomic E-state index is 12.4. The average Bonchev–Trinajstić information content (AvgIpc) is 2.98. The Morgan fingerprint density at radius 1 is 0.442 bits per heavy atom. The van der Waals surface area contributed by atoms with E-state index in [0.717, 1.165) is 25.9 Å². The molecule has 0 aromatic rings. The molecule has 2 amide bonds. The number of rotatable bonds is 29. The van der Waals surface area contributed by atoms with Gasteiger partial charge in [-0.2, -0.15) is 0 Å². The number of hydrogen-bond donors (Lipinski definition) is 6. The van der Waals surface area contributed by atoms with Gasteiger partial charge in [-0.15, -0.1) is 0 Å². The predicted molar refractivity (Wildman–Crippen MR) is 178 cm³/mol. The molecule has 6 N–H and O–H groups in total. The van der Waals surface area contributed by atoms with E-state index in [1.54, 1.807) is 0 Å². The van der Waals surface area contributed by atoms with E-state index < -0.39 is 0 Å². The van der Waals surface area contributed by atoms with E-state index in [2.05, 4.69) is 55.5 Å². The minimum Gasteiger partial charge on any atom is -0.355 e. The van der Waals surface area contributed by atoms with Gasteiger partial charge >= 0.3 is 0 Å². The molecule has 0 aromatic heterocycles. The molecule has 0 heterocycles. The van der Waals surface area contributed by atoms with Gasteiger partial charge in [0.15, 0.2) is 0 Å². The van der Waals surface area contributed by atoms with Gasteiger partial charge in [0.25, 0.3) is 0 Å². The number of likely N-dealkylation sites (N-methyl/N-ethyl adjacent to an activating group) is 2. The fourth-order valence-electron chi connectivity index (χ4n) is 4.04. The van der Waals surface area contributed by atoms with Crippen LogP contribution in [0.1, 0.15) is 71.6 Å². The second-order valence-electron chi connectivity index (χ2n) is 10.8. The lowest BCUT2D eigenvalue weighted by Crippen LogP contribution is -2.41. The minimum atomic E-state index is -0.0186. The number of amides is 2. The lowest BCUT2D eigenvalue weighted by Gasteiger charge is -2.27. The lowest BCUT2D eigenvalue weighted by atomic mass is 10.1. The van der Waals surface area contributed by atoms with Crippen molar-refractivity contribution in [3.63, 3.8) is 0 Å². The van der Waals surface area contributed by atoms with Gasteiger partial charge in [0, 0.05) is 104 Å². The molecule has 0 atom stereocenters. The van der Waals surface area contributed by atoms with Crippen LogP contribution in [-0.2, 0) is 19.2 Å². The third kappa shape index (κ3) is 31.3. The van der Waals surface area contributed by atoms with Crippen LogP contribution >= 0.6 is 0 Å². The van der Waals surface area contributed by atoms with Crippen molar-refractivity contribution in [1.29, 1.82) is 0 Å². The highest BCUT2D eigenvalue weighted by Gasteiger charge is 2.15. The zero-order chi connectivity index (χ0) is 32.6. The number of ketones is 2. The van der Waals surface area contributed by atoms with Crippen LogP contribution in [-0.4, -0.2) is 140 Å². The molecule has 0 radical (unpaired) electrons. The van der Waals surface area contributed by atoms with Gasteiger partial charge in [-0.25, -0.2) is 0 Å². The molecule has 0 saturated heterocycles. The number of carbonyl (C=O) groups excluding carboxylic acids is 4. The highest BCUT2D eigenvalue weighted by Crippen LogP contribution is 2.04. The zero-order valence-electron chi connectivity index (χ0n) is 28.4. The van der Waals surface area contributed by atoms with Crippen molar-refractivity contribution in [3.05, 3.63) is 0 Å². The molecule has 0 fully saturated rings. The maximum atomic E-state index is 12.4. The molecule has 0 aliphatic carbocycles. The van der Waals surface area contributed by atoms with Crippen LogP contribution in [0.15, 0.2) is 0 Å². The number of nitrogens with zero attached hydrogens (tertiary/aromatic N) is 2. The topological polar surface area (TPSA) is 147 Å². The van der Waals surface area contributed by atoms with Crippen molar-refractivity contribution in [2.75, 3.05) is 107 Å². The monoisotopic (exact) mass is 615 g/mol. The highest BCUT2D eigenvalue weighted by molar-refractivity contribution is 5.79. The number of Topliss-reactive ketones (excluding diaryl/α,β-unsaturated/α-hetero) is 2. The maximum Gasteiger partial charge on any atom is 0.221 e. The Hall–Kier alpha value is -1.96. The molecule has 0 aliphatic heterocycles. The molecular weight excluding hydrogens is 548 g/mol. The Balaban J connectivity index is 0. The molecular formula is C31H66N8O4. The van der Waals surface area contributed by atoms with Gasteiger partial charge in [0.2, 0.25) is 11.8 Å². The van der Waals surface area contributed by atoms with Crippen LogP contribution in [0.5, 0.6) is 0 Å². The quantitative estimate of drug-likeness (QED) is 0.0654. The zero-order valence-corrected chi connectivity index (χ0v) is 28.4. The average molecular weight is 615 g/mol. The second-order valence-corrected chi connectivity index (χ2v) is 10.8. The van der Waals surface area contributed by atoms with E-state index in [-0.39, 0.29) is 23.4 Å². The number of carbonyl (C=O) groups is 4. The molecule has 0 unspecified atom stereocenters. The Morgan fingerprint density at radius 2 is 0.767 bits per heavy atom. The third-order valence-electron chi connectivity index (χ3n) is 6.62. The molecule has 0 saturated carbocycles. The summed E-state index contributed by atoms with van der Waals surface area (Å²) in [4.78, 5) is 53.7. The van der Waals surface area contributed by atoms with Gasteiger partial charge in [0.05, 0.1) is 0 Å². The Labute approximate surface area is 262 Å². The van der Waals surface area contributed by atoms with Crippen LogP contribution < -0.4 is 31.9 Å². The first kappa shape index (κ1) is 43.2. The minimum absolute atomic E-state index is 0.0186. The van der Waals surface area contributed by atoms with Gasteiger partial charge in [0.1, 0.15) is 11.6 Å². The van der Waals surface area contributed by atoms with Crippen molar-refractivity contribution in [3.8, 4) is 0 Å². The predicted octanol–water partition coefficient (Wildman–Crippen LogP) is 0.376. The van der Waals surface area contributed by atoms with Gasteiger partial charge < -0.3 is 41.7 Å². The van der Waals surface area contributed by atoms with Crippen LogP contribution in [0.2, 0.25) is 0 Å². The van der Waals surface area contributed by atoms with Crippen molar-refractivity contribution in [1.82, 2.24) is 41.7 Å². The van der Waals surface area contributed by atoms with E-state index in [1.807, 2.05) is 28.2 Å². The van der Waals surface area contributed by atoms with Crippen molar-refractivity contribution in [2.45, 2.75) is 71.6 Å². The normalized spacial score (nSPS) is 10.9. The van der Waals surface area contributed by atoms with E-state index >= 15 is 0 Å². The Kier molecular flexibility index (Phi) is 33.1. The lowest BCUT2D eigenvalue weighted by molar-refractivity contribution is -0.122. The molecule has 43 heavy (non-hydrogen) atoms. The SMILES string of the molecule is CCC.CNCCCC(=O)CCN(CCC(=O)CCCNC)CCN(CCC(=O)NCCNC)CCC(=O)NCCNC. The fraction of sp³-hybridized carbons (Fsp3) is 0.871. The summed E-state index contributed by atoms with van der Waals surface area (Å²) in [5.41, 5.74) is 0. The summed E-state index contributed by atoms with van der Waals surface area (Å²) in [6, 6.07) is 0. The first-order chi connectivity index (χ1) is 20.8. The smallest absolute Gasteiger partial charge is 0.221 e. The first-order valence-electron chi connectivity index (χ1n) is 16.4. The molecule has 0 aliphatic rings. The number of hydrogen-bond acceptors (Lipinski definition) is 10. The summed E-state index contributed by atoms with van der Waals surface area (Å²) in [7, 11) is 7.44. The van der Waals surface area contributed by atoms with Crippen LogP contribution in [0.4, 0.5) is 0 Å². The highest BCUT2D eigenvalue weighted by atomic mass is 16.2. The van der Waals surface area contributed by atoms with E-state index in [1.165, 1.54) is 6.42 Å². The van der Waals surface area contributed by atoms with E-state index in [0.29, 0.717) is 104 Å². The van der Waals surface area contributed by atoms with Crippen molar-refractivity contribution >= 4 is 23.4 Å². The summed E-state index contributed by atoms with van der Waals surface area (Å²) < 4.78 is 0. The van der Waals surface area contributed by atoms with Gasteiger partial charge in [-0.1, -0.05) is 20.3 Å². The first-order valence-corrected chi connectivity index (χ1v) is 16.4. The molecule has 0 bridgehead atoms. The largest absolute Gasteiger partial charge is 0.355 e. The standard InChI is InChI=1S/C28H58N8O4.C3H8/c1-29-13-5-7-25(37)9-19-35(20-10-26(38)8-6-14-30-2)23-24-36(21-11-27(39)33-17-15-31-3)22-12-28(40)34-18-16-32-4;1-3-2/h29-32H,5-24H2,1-4H3,(H,33,39)(H,34,40);3H2,1-2H3. The van der Waals surface area contributed by atoms with Crippen molar-refractivity contribution < 1.29 is 19.2 Å². The molecule has 0 rings (SSSR count). The Morgan fingerprint density at radius 3 is 1.09 bits per heavy atom. The van der Waals surface area contributed by atoms with Gasteiger partial charge in [-0.3, -0.25) is 19.2 Å². The van der Waals surface area contributed by atoms with Crippen LogP contribution in [0.25, 0.3) is 0 Å². The summed E-state index contributed by atoms with van der Waals surface area (Å²) >= 11 is 0. The summed E-state index contributed by atoms with van der Waals surface area (Å²) in [5.74, 6) is 0.424. The Bertz CT molecular complexity index is 589. The van der Waals surface area contributed by atoms with Gasteiger partial charge in [-0.05, 0) is 54.1 Å². The molecule has 12 heteroatoms. The molecule has 12 nitrogen and oxygen atoms in total. The molecule has 254 valence electrons. The second kappa shape index (κ2) is 32.9. The van der Waals surface area contributed by atoms with Crippen molar-refractivity contribution in [2.24, 2.45) is 0 Å². The van der Waals surface area contributed by atoms with Crippen LogP contribution in [0.3, 0.4) is 0 Å². The summed E-state index contributed by atoms with van der Waals surface area (Å²) in [6.07, 6.45) is 5.60. The third-order valence-corrected chi connectivity index (χ3v) is 6.62. The number of nitrogens with one attached hydrogen (secondary N) is 6.